The van der Waals surface area contributed by atoms with Gasteiger partial charge < -0.3 is 19.5 Å². The Morgan fingerprint density at radius 2 is 1.80 bits per heavy atom. The zero-order chi connectivity index (χ0) is 18.4. The van der Waals surface area contributed by atoms with Crippen LogP contribution in [-0.2, 0) is 19.1 Å². The van der Waals surface area contributed by atoms with Crippen LogP contribution in [0.25, 0.3) is 0 Å². The number of benzene rings is 1. The molecule has 1 unspecified atom stereocenters. The van der Waals surface area contributed by atoms with Crippen LogP contribution in [0.3, 0.4) is 0 Å². The van der Waals surface area contributed by atoms with Gasteiger partial charge in [0.05, 0.1) is 37.4 Å². The van der Waals surface area contributed by atoms with Crippen LogP contribution in [0.15, 0.2) is 47.3 Å². The van der Waals surface area contributed by atoms with Gasteiger partial charge in [-0.2, -0.15) is 0 Å². The average Bonchev–Trinajstić information content (AvgIpc) is 2.61. The number of dihydropyridines is 1. The number of carbonyl (C=O) groups is 2. The van der Waals surface area contributed by atoms with Gasteiger partial charge in [-0.25, -0.2) is 9.59 Å². The lowest BCUT2D eigenvalue weighted by Gasteiger charge is -2.27. The highest BCUT2D eigenvalue weighted by molar-refractivity contribution is 5.99. The number of esters is 2. The summed E-state index contributed by atoms with van der Waals surface area (Å²) in [7, 11) is 1.57. The van der Waals surface area contributed by atoms with E-state index < -0.39 is 17.9 Å². The summed E-state index contributed by atoms with van der Waals surface area (Å²) in [5, 5.41) is 2.97. The van der Waals surface area contributed by atoms with E-state index in [0.717, 1.165) is 5.56 Å². The molecule has 2 rings (SSSR count). The molecular weight excluding hydrogens is 322 g/mol. The van der Waals surface area contributed by atoms with Crippen LogP contribution in [-0.4, -0.2) is 32.3 Å². The molecule has 0 bridgehead atoms. The number of hydrogen-bond donors (Lipinski definition) is 1. The van der Waals surface area contributed by atoms with Gasteiger partial charge in [0, 0.05) is 11.9 Å². The first-order valence-corrected chi connectivity index (χ1v) is 8.19. The highest BCUT2D eigenvalue weighted by Crippen LogP contribution is 2.38. The van der Waals surface area contributed by atoms with E-state index in [1.807, 2.05) is 12.1 Å². The number of methoxy groups -OCH3 is 1. The molecule has 1 aliphatic heterocycles. The molecule has 1 heterocycles. The molecule has 0 radical (unpaired) electrons. The van der Waals surface area contributed by atoms with Gasteiger partial charge in [0.25, 0.3) is 0 Å². The third-order valence-electron chi connectivity index (χ3n) is 3.88. The maximum Gasteiger partial charge on any atom is 0.336 e. The summed E-state index contributed by atoms with van der Waals surface area (Å²) in [6.45, 7) is 5.75. The van der Waals surface area contributed by atoms with Crippen LogP contribution in [0.5, 0.6) is 5.75 Å². The first-order valence-electron chi connectivity index (χ1n) is 8.19. The van der Waals surface area contributed by atoms with Crippen LogP contribution in [0.2, 0.25) is 0 Å². The molecule has 1 aliphatic rings. The second-order valence-electron chi connectivity index (χ2n) is 5.43. The number of ether oxygens (including phenoxy) is 3. The van der Waals surface area contributed by atoms with Gasteiger partial charge in [-0.3, -0.25) is 0 Å². The van der Waals surface area contributed by atoms with Crippen LogP contribution < -0.4 is 10.1 Å². The minimum Gasteiger partial charge on any atom is -0.497 e. The van der Waals surface area contributed by atoms with E-state index >= 15 is 0 Å². The number of rotatable bonds is 6. The zero-order valence-corrected chi connectivity index (χ0v) is 14.9. The Balaban J connectivity index is 2.56. The number of hydrogen-bond acceptors (Lipinski definition) is 6. The van der Waals surface area contributed by atoms with Crippen molar-refractivity contribution in [3.05, 3.63) is 52.9 Å². The summed E-state index contributed by atoms with van der Waals surface area (Å²) in [6.07, 6.45) is 1.58. The maximum atomic E-state index is 12.5. The van der Waals surface area contributed by atoms with Crippen LogP contribution in [0.1, 0.15) is 32.3 Å². The highest BCUT2D eigenvalue weighted by atomic mass is 16.5. The lowest BCUT2D eigenvalue weighted by Crippen LogP contribution is -2.29. The summed E-state index contributed by atoms with van der Waals surface area (Å²) in [4.78, 5) is 25.0. The Bertz CT molecular complexity index is 720. The van der Waals surface area contributed by atoms with Gasteiger partial charge in [0.15, 0.2) is 0 Å². The van der Waals surface area contributed by atoms with Gasteiger partial charge in [-0.15, -0.1) is 0 Å². The molecule has 1 atom stereocenters. The topological polar surface area (TPSA) is 73.9 Å². The Morgan fingerprint density at radius 3 is 2.44 bits per heavy atom. The lowest BCUT2D eigenvalue weighted by atomic mass is 9.82. The second kappa shape index (κ2) is 8.37. The summed E-state index contributed by atoms with van der Waals surface area (Å²) >= 11 is 0. The smallest absolute Gasteiger partial charge is 0.336 e. The van der Waals surface area contributed by atoms with Crippen molar-refractivity contribution in [2.45, 2.75) is 26.7 Å². The molecule has 0 saturated heterocycles. The fraction of sp³-hybridized carbons (Fsp3) is 0.368. The third-order valence-corrected chi connectivity index (χ3v) is 3.88. The standard InChI is InChI=1S/C19H23NO5/c1-5-24-18(21)15-11-20-12(3)16(19(22)25-6-2)17(15)13-8-7-9-14(10-13)23-4/h7-11,17,20H,5-6H2,1-4H3. The van der Waals surface area contributed by atoms with E-state index in [-0.39, 0.29) is 13.2 Å². The molecule has 6 nitrogen and oxygen atoms in total. The molecule has 25 heavy (non-hydrogen) atoms. The quantitative estimate of drug-likeness (QED) is 0.799. The van der Waals surface area contributed by atoms with Crippen molar-refractivity contribution in [2.75, 3.05) is 20.3 Å². The summed E-state index contributed by atoms with van der Waals surface area (Å²) < 4.78 is 15.6. The molecule has 0 fully saturated rings. The fourth-order valence-corrected chi connectivity index (χ4v) is 2.76. The summed E-state index contributed by atoms with van der Waals surface area (Å²) in [6, 6.07) is 7.27. The molecule has 0 aliphatic carbocycles. The van der Waals surface area contributed by atoms with E-state index in [4.69, 9.17) is 14.2 Å². The fourth-order valence-electron chi connectivity index (χ4n) is 2.76. The van der Waals surface area contributed by atoms with Gasteiger partial charge in [-0.1, -0.05) is 12.1 Å². The van der Waals surface area contributed by atoms with Crippen LogP contribution in [0, 0.1) is 0 Å². The first-order chi connectivity index (χ1) is 12.0. The van der Waals surface area contributed by atoms with Crippen LogP contribution in [0.4, 0.5) is 0 Å². The van der Waals surface area contributed by atoms with Gasteiger partial charge in [-0.05, 0) is 38.5 Å². The Labute approximate surface area is 147 Å². The SMILES string of the molecule is CCOC(=O)C1=CNC(C)=C(C(=O)OCC)C1c1cccc(OC)c1. The van der Waals surface area contributed by atoms with Gasteiger partial charge >= 0.3 is 11.9 Å². The van der Waals surface area contributed by atoms with Crippen molar-refractivity contribution in [3.63, 3.8) is 0 Å². The number of nitrogens with one attached hydrogen (secondary N) is 1. The Hall–Kier alpha value is -2.76. The van der Waals surface area contributed by atoms with Crippen LogP contribution >= 0.6 is 0 Å². The maximum absolute atomic E-state index is 12.5. The minimum absolute atomic E-state index is 0.248. The highest BCUT2D eigenvalue weighted by Gasteiger charge is 2.36. The average molecular weight is 345 g/mol. The van der Waals surface area contributed by atoms with E-state index in [1.165, 1.54) is 0 Å². The van der Waals surface area contributed by atoms with Crippen molar-refractivity contribution in [1.29, 1.82) is 0 Å². The van der Waals surface area contributed by atoms with Gasteiger partial charge in [0.2, 0.25) is 0 Å². The van der Waals surface area contributed by atoms with E-state index in [1.54, 1.807) is 46.2 Å². The van der Waals surface area contributed by atoms with Crippen molar-refractivity contribution < 1.29 is 23.8 Å². The van der Waals surface area contributed by atoms with E-state index in [0.29, 0.717) is 22.6 Å². The molecule has 1 aromatic rings. The summed E-state index contributed by atoms with van der Waals surface area (Å²) in [5.74, 6) is -0.887. The number of allylic oxidation sites excluding steroid dienone is 1. The molecule has 0 saturated carbocycles. The Kier molecular flexibility index (Phi) is 6.22. The van der Waals surface area contributed by atoms with Crippen molar-refractivity contribution >= 4 is 11.9 Å². The second-order valence-corrected chi connectivity index (χ2v) is 5.43. The molecule has 0 amide bonds. The third kappa shape index (κ3) is 4.02. The Morgan fingerprint density at radius 1 is 1.12 bits per heavy atom. The monoisotopic (exact) mass is 345 g/mol. The molecular formula is C19H23NO5. The van der Waals surface area contributed by atoms with Crippen molar-refractivity contribution in [1.82, 2.24) is 5.32 Å². The van der Waals surface area contributed by atoms with Crippen molar-refractivity contribution in [3.8, 4) is 5.75 Å². The molecule has 1 aromatic carbocycles. The summed E-state index contributed by atoms with van der Waals surface area (Å²) in [5.41, 5.74) is 2.13. The largest absolute Gasteiger partial charge is 0.497 e. The molecule has 134 valence electrons. The molecule has 0 aromatic heterocycles. The normalized spacial score (nSPS) is 16.6. The van der Waals surface area contributed by atoms with E-state index in [2.05, 4.69) is 5.32 Å². The predicted octanol–water partition coefficient (Wildman–Crippen LogP) is 2.67. The van der Waals surface area contributed by atoms with Crippen molar-refractivity contribution in [2.24, 2.45) is 0 Å². The first kappa shape index (κ1) is 18.6. The minimum atomic E-state index is -0.588. The zero-order valence-electron chi connectivity index (χ0n) is 14.9. The molecule has 1 N–H and O–H groups in total. The van der Waals surface area contributed by atoms with E-state index in [9.17, 15) is 9.59 Å². The molecule has 6 heteroatoms. The number of carbonyl (C=O) groups excluding carboxylic acids is 2. The predicted molar refractivity (Wildman–Crippen MR) is 92.9 cm³/mol. The lowest BCUT2D eigenvalue weighted by molar-refractivity contribution is -0.139. The van der Waals surface area contributed by atoms with Gasteiger partial charge in [0.1, 0.15) is 5.75 Å². The molecule has 0 spiro atoms.